The van der Waals surface area contributed by atoms with Crippen LogP contribution in [0.3, 0.4) is 0 Å². The zero-order chi connectivity index (χ0) is 72.5. The first-order valence-corrected chi connectivity index (χ1v) is 43.4. The van der Waals surface area contributed by atoms with E-state index < -0.39 is 26.5 Å². The Kier molecular flexibility index (Phi) is 76.2. The zero-order valence-electron chi connectivity index (χ0n) is 65.9. The summed E-state index contributed by atoms with van der Waals surface area (Å²) in [6, 6.07) is 0. The molecule has 0 aromatic rings. The summed E-state index contributed by atoms with van der Waals surface area (Å²) in [5.41, 5.74) is 0. The highest BCUT2D eigenvalue weighted by atomic mass is 31.2. The standard InChI is InChI=1S/C90H158NO8P/c1-6-8-10-12-14-16-18-20-22-24-26-28-30-32-34-36-38-40-42-44-45-47-49-51-53-55-57-59-61-63-65-67-69-71-73-75-77-79-81-83-90(93)99-88(87-98-100(94,95)97-85-84-91(3,4)5)86-96-89(92)82-80-78-76-74-72-70-68-66-64-62-60-58-56-54-52-50-48-46-43-41-39-37-35-33-31-29-27-25-23-21-19-17-15-13-11-9-7-2/h8-11,14-17,20-23,26-29,32,34,38,40,44-45,88H,6-7,12-13,18-19,24-25,30-31,33,35-37,39,41-43,46-87H2,1-5H3/p+1/b10-8-,11-9-,16-14-,17-15-,22-20-,23-21-,28-26-,29-27-,34-32-,40-38-,45-44-. The summed E-state index contributed by atoms with van der Waals surface area (Å²) in [5, 5.41) is 0. The van der Waals surface area contributed by atoms with Gasteiger partial charge in [0.15, 0.2) is 6.10 Å². The van der Waals surface area contributed by atoms with Gasteiger partial charge in [0.1, 0.15) is 19.8 Å². The molecule has 0 aliphatic rings. The van der Waals surface area contributed by atoms with Crippen molar-refractivity contribution in [3.8, 4) is 0 Å². The number of hydrogen-bond acceptors (Lipinski definition) is 7. The number of carbonyl (C=O) groups excluding carboxylic acids is 2. The lowest BCUT2D eigenvalue weighted by Gasteiger charge is -2.24. The molecule has 10 heteroatoms. The molecule has 0 aromatic carbocycles. The highest BCUT2D eigenvalue weighted by Gasteiger charge is 2.27. The van der Waals surface area contributed by atoms with Crippen LogP contribution in [0.15, 0.2) is 134 Å². The molecule has 0 heterocycles. The number of rotatable bonds is 77. The lowest BCUT2D eigenvalue weighted by atomic mass is 10.0. The number of phosphoric acid groups is 1. The smallest absolute Gasteiger partial charge is 0.462 e. The van der Waals surface area contributed by atoms with Crippen LogP contribution in [0.2, 0.25) is 0 Å². The van der Waals surface area contributed by atoms with Crippen LogP contribution in [0, 0.1) is 0 Å². The van der Waals surface area contributed by atoms with E-state index in [9.17, 15) is 19.0 Å². The summed E-state index contributed by atoms with van der Waals surface area (Å²) in [6.07, 6.45) is 116. The maximum absolute atomic E-state index is 12.9. The van der Waals surface area contributed by atoms with Crippen LogP contribution in [-0.4, -0.2) is 74.9 Å². The number of likely N-dealkylation sites (N-methyl/N-ethyl adjacent to an activating group) is 1. The molecule has 0 saturated carbocycles. The number of carbonyl (C=O) groups is 2. The summed E-state index contributed by atoms with van der Waals surface area (Å²) >= 11 is 0. The fraction of sp³-hybridized carbons (Fsp3) is 0.733. The number of esters is 2. The van der Waals surface area contributed by atoms with Crippen LogP contribution >= 0.6 is 7.82 Å². The molecule has 0 aliphatic carbocycles. The molecule has 0 fully saturated rings. The SMILES string of the molecule is CC/C=C\C/C=C\C/C=C\C/C=C\C/C=C\C/C=C\C/C=C\CCCCCCCCCCCCCCCCCCCC(=O)OC(COC(=O)CCCCCCCCCCCCCCCCCCCCCCCCCC/C=C\C/C=C\C/C=C\C/C=C\CC)COP(=O)(O)OCC[N+](C)(C)C. The second-order valence-electron chi connectivity index (χ2n) is 29.1. The number of unbranched alkanes of at least 4 members (excludes halogenated alkanes) is 41. The third kappa shape index (κ3) is 83.1. The second-order valence-corrected chi connectivity index (χ2v) is 30.6. The van der Waals surface area contributed by atoms with Crippen molar-refractivity contribution in [1.82, 2.24) is 0 Å². The zero-order valence-corrected chi connectivity index (χ0v) is 66.8. The van der Waals surface area contributed by atoms with Crippen molar-refractivity contribution in [2.45, 2.75) is 380 Å². The molecule has 9 nitrogen and oxygen atoms in total. The third-order valence-corrected chi connectivity index (χ3v) is 19.2. The van der Waals surface area contributed by atoms with Crippen molar-refractivity contribution >= 4 is 19.8 Å². The fourth-order valence-corrected chi connectivity index (χ4v) is 12.6. The maximum Gasteiger partial charge on any atom is 0.472 e. The molecule has 100 heavy (non-hydrogen) atoms. The van der Waals surface area contributed by atoms with Gasteiger partial charge >= 0.3 is 19.8 Å². The van der Waals surface area contributed by atoms with Crippen molar-refractivity contribution in [3.05, 3.63) is 134 Å². The molecule has 576 valence electrons. The summed E-state index contributed by atoms with van der Waals surface area (Å²) in [6.45, 7) is 4.25. The van der Waals surface area contributed by atoms with Gasteiger partial charge in [-0.05, 0) is 109 Å². The third-order valence-electron chi connectivity index (χ3n) is 18.2. The largest absolute Gasteiger partial charge is 0.472 e. The number of phosphoric ester groups is 1. The first-order valence-electron chi connectivity index (χ1n) is 41.9. The molecule has 0 aliphatic heterocycles. The molecule has 0 bridgehead atoms. The molecular formula is C90H159NO8P+. The van der Waals surface area contributed by atoms with Crippen molar-refractivity contribution in [2.24, 2.45) is 0 Å². The predicted molar refractivity (Wildman–Crippen MR) is 436 cm³/mol. The van der Waals surface area contributed by atoms with E-state index in [0.29, 0.717) is 17.4 Å². The summed E-state index contributed by atoms with van der Waals surface area (Å²) in [7, 11) is 1.49. The van der Waals surface area contributed by atoms with Crippen LogP contribution in [-0.2, 0) is 32.7 Å². The number of allylic oxidation sites excluding steroid dienone is 22. The van der Waals surface area contributed by atoms with Crippen molar-refractivity contribution in [3.63, 3.8) is 0 Å². The van der Waals surface area contributed by atoms with Gasteiger partial charge in [-0.1, -0.05) is 385 Å². The average Bonchev–Trinajstić information content (AvgIpc) is 1.07. The predicted octanol–water partition coefficient (Wildman–Crippen LogP) is 28.3. The molecule has 1 N–H and O–H groups in total. The van der Waals surface area contributed by atoms with E-state index >= 15 is 0 Å². The monoisotopic (exact) mass is 1410 g/mol. The van der Waals surface area contributed by atoms with Gasteiger partial charge in [0.05, 0.1) is 27.7 Å². The minimum Gasteiger partial charge on any atom is -0.462 e. The van der Waals surface area contributed by atoms with Crippen LogP contribution in [0.25, 0.3) is 0 Å². The topological polar surface area (TPSA) is 108 Å². The number of ether oxygens (including phenoxy) is 2. The van der Waals surface area contributed by atoms with Gasteiger partial charge in [-0.3, -0.25) is 18.6 Å². The molecule has 2 atom stereocenters. The second kappa shape index (κ2) is 79.3. The summed E-state index contributed by atoms with van der Waals surface area (Å²) in [5.74, 6) is -0.783. The van der Waals surface area contributed by atoms with Crippen molar-refractivity contribution < 1.29 is 42.1 Å². The number of quaternary nitrogens is 1. The van der Waals surface area contributed by atoms with Gasteiger partial charge < -0.3 is 18.9 Å². The Morgan fingerprint density at radius 3 is 0.800 bits per heavy atom. The van der Waals surface area contributed by atoms with Crippen LogP contribution in [0.5, 0.6) is 0 Å². The molecule has 0 radical (unpaired) electrons. The minimum atomic E-state index is -4.40. The van der Waals surface area contributed by atoms with Gasteiger partial charge in [0, 0.05) is 12.8 Å². The van der Waals surface area contributed by atoms with Crippen LogP contribution < -0.4 is 0 Å². The van der Waals surface area contributed by atoms with Gasteiger partial charge in [-0.25, -0.2) is 4.57 Å². The molecule has 0 amide bonds. The van der Waals surface area contributed by atoms with Gasteiger partial charge in [0.2, 0.25) is 0 Å². The Bertz CT molecular complexity index is 2160. The minimum absolute atomic E-state index is 0.0302. The first-order chi connectivity index (χ1) is 49.0. The van der Waals surface area contributed by atoms with E-state index in [1.54, 1.807) is 0 Å². The number of nitrogens with zero attached hydrogens (tertiary/aromatic N) is 1. The van der Waals surface area contributed by atoms with E-state index in [1.807, 2.05) is 21.1 Å². The molecule has 0 spiro atoms. The highest BCUT2D eigenvalue weighted by molar-refractivity contribution is 7.47. The lowest BCUT2D eigenvalue weighted by molar-refractivity contribution is -0.870. The quantitative estimate of drug-likeness (QED) is 0.0211. The van der Waals surface area contributed by atoms with Gasteiger partial charge in [-0.2, -0.15) is 0 Å². The van der Waals surface area contributed by atoms with E-state index in [2.05, 4.69) is 148 Å². The Morgan fingerprint density at radius 1 is 0.310 bits per heavy atom. The molecule has 0 aromatic heterocycles. The van der Waals surface area contributed by atoms with E-state index in [1.165, 1.54) is 238 Å². The van der Waals surface area contributed by atoms with E-state index in [-0.39, 0.29) is 32.0 Å². The Labute approximate surface area is 619 Å². The Hall–Kier alpha value is -3.85. The van der Waals surface area contributed by atoms with Crippen molar-refractivity contribution in [2.75, 3.05) is 47.5 Å². The lowest BCUT2D eigenvalue weighted by Crippen LogP contribution is -2.37. The summed E-state index contributed by atoms with van der Waals surface area (Å²) < 4.78 is 34.9. The normalized spacial score (nSPS) is 13.7. The summed E-state index contributed by atoms with van der Waals surface area (Å²) in [4.78, 5) is 36.0. The first kappa shape index (κ1) is 96.2. The van der Waals surface area contributed by atoms with Crippen molar-refractivity contribution in [1.29, 1.82) is 0 Å². The van der Waals surface area contributed by atoms with Gasteiger partial charge in [-0.15, -0.1) is 0 Å². The fourth-order valence-electron chi connectivity index (χ4n) is 11.9. The highest BCUT2D eigenvalue weighted by Crippen LogP contribution is 2.43. The van der Waals surface area contributed by atoms with Gasteiger partial charge in [0.25, 0.3) is 0 Å². The van der Waals surface area contributed by atoms with E-state index in [0.717, 1.165) is 103 Å². The Balaban J connectivity index is 3.93. The van der Waals surface area contributed by atoms with Crippen LogP contribution in [0.4, 0.5) is 0 Å². The average molecular weight is 1410 g/mol. The molecule has 2 unspecified atom stereocenters. The maximum atomic E-state index is 12.9. The molecule has 0 saturated heterocycles. The molecule has 0 rings (SSSR count). The Morgan fingerprint density at radius 2 is 0.540 bits per heavy atom. The molecular weight excluding hydrogens is 1250 g/mol. The van der Waals surface area contributed by atoms with Crippen LogP contribution in [0.1, 0.15) is 373 Å². The van der Waals surface area contributed by atoms with E-state index in [4.69, 9.17) is 18.5 Å². The number of hydrogen-bond donors (Lipinski definition) is 1.